The zero-order valence-corrected chi connectivity index (χ0v) is 15.4. The molecule has 1 heterocycles. The van der Waals surface area contributed by atoms with Crippen molar-refractivity contribution < 1.29 is 0 Å². The number of benzene rings is 4. The molecular weight excluding hydrogens is 332 g/mol. The molecule has 0 unspecified atom stereocenters. The minimum atomic E-state index is 1.27. The summed E-state index contributed by atoms with van der Waals surface area (Å²) in [5.74, 6) is 0. The first-order chi connectivity index (χ1) is 12.8. The predicted molar refractivity (Wildman–Crippen MR) is 115 cm³/mol. The first-order valence-electron chi connectivity index (χ1n) is 8.88. The molecule has 0 aliphatic rings. The van der Waals surface area contributed by atoms with E-state index in [2.05, 4.69) is 97.9 Å². The van der Waals surface area contributed by atoms with Crippen LogP contribution >= 0.6 is 11.3 Å². The zero-order valence-electron chi connectivity index (χ0n) is 14.6. The van der Waals surface area contributed by atoms with Gasteiger partial charge in [-0.15, -0.1) is 11.3 Å². The predicted octanol–water partition coefficient (Wildman–Crippen LogP) is 7.70. The molecule has 0 atom stereocenters. The van der Waals surface area contributed by atoms with E-state index in [1.54, 1.807) is 0 Å². The molecule has 0 bridgehead atoms. The molecule has 26 heavy (non-hydrogen) atoms. The average Bonchev–Trinajstić information content (AvgIpc) is 3.06. The van der Waals surface area contributed by atoms with Crippen LogP contribution < -0.4 is 0 Å². The van der Waals surface area contributed by atoms with Crippen molar-refractivity contribution >= 4 is 31.5 Å². The highest BCUT2D eigenvalue weighted by Gasteiger charge is 2.12. The van der Waals surface area contributed by atoms with Crippen LogP contribution in [0.4, 0.5) is 0 Å². The molecule has 0 amide bonds. The van der Waals surface area contributed by atoms with E-state index in [0.29, 0.717) is 0 Å². The van der Waals surface area contributed by atoms with Crippen LogP contribution in [-0.2, 0) is 0 Å². The van der Waals surface area contributed by atoms with E-state index in [1.807, 2.05) is 11.3 Å². The van der Waals surface area contributed by atoms with Gasteiger partial charge in [-0.3, -0.25) is 0 Å². The fourth-order valence-corrected chi connectivity index (χ4v) is 4.88. The number of hydrogen-bond donors (Lipinski definition) is 0. The number of aryl methyl sites for hydroxylation is 1. The molecular formula is C25H18S. The molecule has 0 saturated heterocycles. The second-order valence-electron chi connectivity index (χ2n) is 6.67. The van der Waals surface area contributed by atoms with E-state index >= 15 is 0 Å². The molecule has 5 aromatic rings. The van der Waals surface area contributed by atoms with Crippen LogP contribution in [0.2, 0.25) is 0 Å². The molecule has 0 fully saturated rings. The lowest BCUT2D eigenvalue weighted by atomic mass is 9.90. The normalized spacial score (nSPS) is 11.3. The van der Waals surface area contributed by atoms with Crippen LogP contribution in [0.1, 0.15) is 5.56 Å². The summed E-state index contributed by atoms with van der Waals surface area (Å²) in [4.78, 5) is 0. The number of fused-ring (bicyclic) bond motifs is 3. The standard InChI is InChI=1S/C25H18S/c1-17-8-7-12-20(25(17)18-9-3-2-4-10-18)19-14-15-24-22(16-19)21-11-5-6-13-23(21)26-24/h2-16H,1H3. The van der Waals surface area contributed by atoms with Crippen molar-refractivity contribution in [1.82, 2.24) is 0 Å². The third-order valence-electron chi connectivity index (χ3n) is 5.02. The summed E-state index contributed by atoms with van der Waals surface area (Å²) in [7, 11) is 0. The van der Waals surface area contributed by atoms with E-state index in [0.717, 1.165) is 0 Å². The summed E-state index contributed by atoms with van der Waals surface area (Å²) >= 11 is 1.87. The van der Waals surface area contributed by atoms with Gasteiger partial charge >= 0.3 is 0 Å². The van der Waals surface area contributed by atoms with Gasteiger partial charge in [0.05, 0.1) is 0 Å². The molecule has 0 saturated carbocycles. The summed E-state index contributed by atoms with van der Waals surface area (Å²) in [5.41, 5.74) is 6.49. The second kappa shape index (κ2) is 6.12. The van der Waals surface area contributed by atoms with Crippen LogP contribution in [0.3, 0.4) is 0 Å². The maximum Gasteiger partial charge on any atom is 0.0355 e. The number of hydrogen-bond acceptors (Lipinski definition) is 1. The van der Waals surface area contributed by atoms with E-state index in [9.17, 15) is 0 Å². The first kappa shape index (κ1) is 15.4. The molecule has 0 spiro atoms. The van der Waals surface area contributed by atoms with Crippen molar-refractivity contribution in [2.75, 3.05) is 0 Å². The molecule has 0 N–H and O–H groups in total. The zero-order chi connectivity index (χ0) is 17.5. The Morgan fingerprint density at radius 3 is 2.23 bits per heavy atom. The molecule has 0 aliphatic carbocycles. The highest BCUT2D eigenvalue weighted by Crippen LogP contribution is 2.39. The van der Waals surface area contributed by atoms with Gasteiger partial charge in [0.25, 0.3) is 0 Å². The van der Waals surface area contributed by atoms with Gasteiger partial charge in [0.1, 0.15) is 0 Å². The fraction of sp³-hybridized carbons (Fsp3) is 0.0400. The Kier molecular flexibility index (Phi) is 3.62. The maximum atomic E-state index is 2.36. The van der Waals surface area contributed by atoms with Crippen molar-refractivity contribution in [3.63, 3.8) is 0 Å². The Labute approximate surface area is 157 Å². The van der Waals surface area contributed by atoms with Gasteiger partial charge in [0.15, 0.2) is 0 Å². The summed E-state index contributed by atoms with van der Waals surface area (Å²) in [6.07, 6.45) is 0. The topological polar surface area (TPSA) is 0 Å². The number of thiophene rings is 1. The minimum Gasteiger partial charge on any atom is -0.135 e. The summed E-state index contributed by atoms with van der Waals surface area (Å²) in [5, 5.41) is 2.70. The molecule has 4 aromatic carbocycles. The number of rotatable bonds is 2. The minimum absolute atomic E-state index is 1.27. The van der Waals surface area contributed by atoms with Gasteiger partial charge in [0.2, 0.25) is 0 Å². The van der Waals surface area contributed by atoms with Gasteiger partial charge < -0.3 is 0 Å². The monoisotopic (exact) mass is 350 g/mol. The van der Waals surface area contributed by atoms with Crippen LogP contribution in [0, 0.1) is 6.92 Å². The summed E-state index contributed by atoms with van der Waals surface area (Å²) < 4.78 is 2.70. The smallest absolute Gasteiger partial charge is 0.0355 e. The van der Waals surface area contributed by atoms with Crippen LogP contribution in [0.25, 0.3) is 42.4 Å². The van der Waals surface area contributed by atoms with Gasteiger partial charge in [-0.1, -0.05) is 72.8 Å². The van der Waals surface area contributed by atoms with E-state index in [-0.39, 0.29) is 0 Å². The molecule has 124 valence electrons. The summed E-state index contributed by atoms with van der Waals surface area (Å²) in [6.45, 7) is 2.20. The fourth-order valence-electron chi connectivity index (χ4n) is 3.79. The van der Waals surface area contributed by atoms with Gasteiger partial charge in [-0.25, -0.2) is 0 Å². The quantitative estimate of drug-likeness (QED) is 0.306. The highest BCUT2D eigenvalue weighted by molar-refractivity contribution is 7.25. The Balaban J connectivity index is 1.78. The van der Waals surface area contributed by atoms with Crippen LogP contribution in [0.15, 0.2) is 91.0 Å². The lowest BCUT2D eigenvalue weighted by Gasteiger charge is -2.13. The Bertz CT molecular complexity index is 1230. The van der Waals surface area contributed by atoms with Crippen molar-refractivity contribution in [3.05, 3.63) is 96.6 Å². The first-order valence-corrected chi connectivity index (χ1v) is 9.69. The van der Waals surface area contributed by atoms with E-state index < -0.39 is 0 Å². The van der Waals surface area contributed by atoms with E-state index in [1.165, 1.54) is 48.0 Å². The lowest BCUT2D eigenvalue weighted by Crippen LogP contribution is -1.89. The maximum absolute atomic E-state index is 2.36. The van der Waals surface area contributed by atoms with Crippen molar-refractivity contribution in [3.8, 4) is 22.3 Å². The second-order valence-corrected chi connectivity index (χ2v) is 7.76. The van der Waals surface area contributed by atoms with Crippen LogP contribution in [-0.4, -0.2) is 0 Å². The molecule has 1 heteroatoms. The van der Waals surface area contributed by atoms with Gasteiger partial charge in [-0.2, -0.15) is 0 Å². The lowest BCUT2D eigenvalue weighted by molar-refractivity contribution is 1.45. The highest BCUT2D eigenvalue weighted by atomic mass is 32.1. The molecule has 1 aromatic heterocycles. The Hall–Kier alpha value is -2.90. The Morgan fingerprint density at radius 1 is 0.577 bits per heavy atom. The summed E-state index contributed by atoms with van der Waals surface area (Å²) in [6, 6.07) is 32.9. The Morgan fingerprint density at radius 2 is 1.35 bits per heavy atom. The van der Waals surface area contributed by atoms with Gasteiger partial charge in [-0.05, 0) is 52.9 Å². The van der Waals surface area contributed by atoms with Crippen LogP contribution in [0.5, 0.6) is 0 Å². The van der Waals surface area contributed by atoms with E-state index in [4.69, 9.17) is 0 Å². The molecule has 5 rings (SSSR count). The third-order valence-corrected chi connectivity index (χ3v) is 6.17. The van der Waals surface area contributed by atoms with Crippen molar-refractivity contribution in [1.29, 1.82) is 0 Å². The van der Waals surface area contributed by atoms with Gasteiger partial charge in [0, 0.05) is 20.2 Å². The third kappa shape index (κ3) is 2.44. The van der Waals surface area contributed by atoms with Crippen molar-refractivity contribution in [2.45, 2.75) is 6.92 Å². The average molecular weight is 350 g/mol. The molecule has 0 radical (unpaired) electrons. The van der Waals surface area contributed by atoms with Crippen molar-refractivity contribution in [2.24, 2.45) is 0 Å². The molecule has 0 aliphatic heterocycles. The SMILES string of the molecule is Cc1cccc(-c2ccc3sc4ccccc4c3c2)c1-c1ccccc1. The largest absolute Gasteiger partial charge is 0.135 e. The molecule has 0 nitrogen and oxygen atoms in total.